The van der Waals surface area contributed by atoms with Crippen molar-refractivity contribution in [1.29, 1.82) is 0 Å². The fourth-order valence-electron chi connectivity index (χ4n) is 2.26. The van der Waals surface area contributed by atoms with Crippen LogP contribution in [0.2, 0.25) is 0 Å². The van der Waals surface area contributed by atoms with Gasteiger partial charge in [-0.3, -0.25) is 4.72 Å². The molecule has 1 N–H and O–H groups in total. The molecule has 1 aromatic rings. The second kappa shape index (κ2) is 9.27. The molecule has 6 heteroatoms. The van der Waals surface area contributed by atoms with Crippen molar-refractivity contribution in [2.45, 2.75) is 33.1 Å². The monoisotopic (exact) mass is 351 g/mol. The van der Waals surface area contributed by atoms with Crippen LogP contribution < -0.4 is 4.72 Å². The Kier molecular flexibility index (Phi) is 7.71. The number of carbonyl (C=O) groups is 1. The molecule has 1 aromatic carbocycles. The van der Waals surface area contributed by atoms with Crippen LogP contribution in [0.3, 0.4) is 0 Å². The van der Waals surface area contributed by atoms with Gasteiger partial charge in [0.05, 0.1) is 19.1 Å². The first-order valence-electron chi connectivity index (χ1n) is 7.81. The van der Waals surface area contributed by atoms with Crippen LogP contribution in [0.4, 0.5) is 5.69 Å². The SMILES string of the molecule is CCCC/C(C)=C(/C=C/C(=O)OC)c1ccccc1NS(C)(=O)=O. The highest BCUT2D eigenvalue weighted by Crippen LogP contribution is 2.30. The van der Waals surface area contributed by atoms with Crippen molar-refractivity contribution < 1.29 is 17.9 Å². The zero-order valence-corrected chi connectivity index (χ0v) is 15.4. The molecule has 0 atom stereocenters. The lowest BCUT2D eigenvalue weighted by Crippen LogP contribution is -2.11. The summed E-state index contributed by atoms with van der Waals surface area (Å²) in [4.78, 5) is 11.5. The van der Waals surface area contributed by atoms with Gasteiger partial charge < -0.3 is 4.74 Å². The Morgan fingerprint density at radius 3 is 2.50 bits per heavy atom. The average Bonchev–Trinajstić information content (AvgIpc) is 2.52. The van der Waals surface area contributed by atoms with Gasteiger partial charge >= 0.3 is 5.97 Å². The van der Waals surface area contributed by atoms with Crippen molar-refractivity contribution in [2.75, 3.05) is 18.1 Å². The number of allylic oxidation sites excluding steroid dienone is 3. The van der Waals surface area contributed by atoms with Crippen LogP contribution in [-0.2, 0) is 19.6 Å². The molecule has 0 spiro atoms. The molecule has 0 aliphatic carbocycles. The Balaban J connectivity index is 3.39. The number of rotatable bonds is 8. The number of nitrogens with one attached hydrogen (secondary N) is 1. The number of para-hydroxylation sites is 1. The van der Waals surface area contributed by atoms with Crippen LogP contribution in [0, 0.1) is 0 Å². The molecular weight excluding hydrogens is 326 g/mol. The van der Waals surface area contributed by atoms with Crippen molar-refractivity contribution in [2.24, 2.45) is 0 Å². The van der Waals surface area contributed by atoms with E-state index in [1.807, 2.05) is 19.1 Å². The van der Waals surface area contributed by atoms with Crippen LogP contribution in [-0.4, -0.2) is 27.8 Å². The Morgan fingerprint density at radius 2 is 1.92 bits per heavy atom. The standard InChI is InChI=1S/C18H25NO4S/c1-5-6-9-14(2)15(12-13-18(20)23-3)16-10-7-8-11-17(16)19-24(4,21)22/h7-8,10-13,19H,5-6,9H2,1-4H3/b13-12+,15-14-. The number of hydrogen-bond donors (Lipinski definition) is 1. The Bertz CT molecular complexity index is 733. The van der Waals surface area contributed by atoms with Gasteiger partial charge in [0.2, 0.25) is 10.0 Å². The molecule has 0 aromatic heterocycles. The van der Waals surface area contributed by atoms with Gasteiger partial charge in [0, 0.05) is 11.6 Å². The molecule has 132 valence electrons. The average molecular weight is 351 g/mol. The number of methoxy groups -OCH3 is 1. The van der Waals surface area contributed by atoms with Crippen LogP contribution >= 0.6 is 0 Å². The van der Waals surface area contributed by atoms with E-state index in [9.17, 15) is 13.2 Å². The van der Waals surface area contributed by atoms with E-state index in [0.29, 0.717) is 5.69 Å². The van der Waals surface area contributed by atoms with E-state index in [4.69, 9.17) is 0 Å². The first kappa shape index (κ1) is 20.0. The lowest BCUT2D eigenvalue weighted by Gasteiger charge is -2.14. The number of ether oxygens (including phenoxy) is 1. The molecule has 5 nitrogen and oxygen atoms in total. The molecule has 0 saturated heterocycles. The number of esters is 1. The third-order valence-corrected chi connectivity index (χ3v) is 4.06. The van der Waals surface area contributed by atoms with Gasteiger partial charge in [-0.1, -0.05) is 37.1 Å². The molecule has 0 radical (unpaired) electrons. The first-order chi connectivity index (χ1) is 11.3. The van der Waals surface area contributed by atoms with E-state index in [0.717, 1.165) is 42.2 Å². The molecular formula is C18H25NO4S. The Hall–Kier alpha value is -2.08. The minimum absolute atomic E-state index is 0.454. The highest BCUT2D eigenvalue weighted by Gasteiger charge is 2.12. The van der Waals surface area contributed by atoms with Gasteiger partial charge in [0.1, 0.15) is 0 Å². The molecule has 1 rings (SSSR count). The molecule has 0 saturated carbocycles. The smallest absolute Gasteiger partial charge is 0.330 e. The summed E-state index contributed by atoms with van der Waals surface area (Å²) in [6.07, 6.45) is 7.07. The van der Waals surface area contributed by atoms with Crippen LogP contribution in [0.1, 0.15) is 38.7 Å². The van der Waals surface area contributed by atoms with E-state index in [1.165, 1.54) is 13.2 Å². The predicted molar refractivity (Wildman–Crippen MR) is 98.2 cm³/mol. The van der Waals surface area contributed by atoms with Gasteiger partial charge in [0.15, 0.2) is 0 Å². The van der Waals surface area contributed by atoms with E-state index in [-0.39, 0.29) is 0 Å². The molecule has 0 aliphatic rings. The van der Waals surface area contributed by atoms with E-state index in [2.05, 4.69) is 16.4 Å². The van der Waals surface area contributed by atoms with Gasteiger partial charge in [-0.25, -0.2) is 13.2 Å². The predicted octanol–water partition coefficient (Wildman–Crippen LogP) is 3.75. The van der Waals surface area contributed by atoms with Crippen molar-refractivity contribution in [3.8, 4) is 0 Å². The summed E-state index contributed by atoms with van der Waals surface area (Å²) in [5.41, 5.74) is 3.12. The van der Waals surface area contributed by atoms with Crippen molar-refractivity contribution in [3.05, 3.63) is 47.6 Å². The lowest BCUT2D eigenvalue weighted by atomic mass is 9.95. The first-order valence-corrected chi connectivity index (χ1v) is 9.70. The number of anilines is 1. The molecule has 0 amide bonds. The second-order valence-corrected chi connectivity index (χ2v) is 7.32. The lowest BCUT2D eigenvalue weighted by molar-refractivity contribution is -0.134. The molecule has 0 fully saturated rings. The van der Waals surface area contributed by atoms with Gasteiger partial charge in [0.25, 0.3) is 0 Å². The molecule has 24 heavy (non-hydrogen) atoms. The highest BCUT2D eigenvalue weighted by atomic mass is 32.2. The second-order valence-electron chi connectivity index (χ2n) is 5.57. The summed E-state index contributed by atoms with van der Waals surface area (Å²) in [6, 6.07) is 7.14. The fourth-order valence-corrected chi connectivity index (χ4v) is 2.84. The zero-order valence-electron chi connectivity index (χ0n) is 14.6. The van der Waals surface area contributed by atoms with Gasteiger partial charge in [-0.2, -0.15) is 0 Å². The third kappa shape index (κ3) is 6.58. The number of hydrogen-bond acceptors (Lipinski definition) is 4. The molecule has 0 heterocycles. The Morgan fingerprint density at radius 1 is 1.25 bits per heavy atom. The number of unbranched alkanes of at least 4 members (excludes halogenated alkanes) is 1. The van der Waals surface area contributed by atoms with Crippen molar-refractivity contribution in [3.63, 3.8) is 0 Å². The van der Waals surface area contributed by atoms with Crippen LogP contribution in [0.5, 0.6) is 0 Å². The molecule has 0 bridgehead atoms. The highest BCUT2D eigenvalue weighted by molar-refractivity contribution is 7.92. The van der Waals surface area contributed by atoms with E-state index >= 15 is 0 Å². The normalized spacial score (nSPS) is 12.8. The summed E-state index contributed by atoms with van der Waals surface area (Å²) in [6.45, 7) is 4.10. The summed E-state index contributed by atoms with van der Waals surface area (Å²) < 4.78 is 30.4. The van der Waals surface area contributed by atoms with Crippen LogP contribution in [0.15, 0.2) is 42.0 Å². The van der Waals surface area contributed by atoms with Gasteiger partial charge in [-0.05, 0) is 37.5 Å². The summed E-state index contributed by atoms with van der Waals surface area (Å²) in [5, 5.41) is 0. The van der Waals surface area contributed by atoms with Gasteiger partial charge in [-0.15, -0.1) is 0 Å². The largest absolute Gasteiger partial charge is 0.466 e. The van der Waals surface area contributed by atoms with Crippen molar-refractivity contribution in [1.82, 2.24) is 0 Å². The maximum absolute atomic E-state index is 11.6. The van der Waals surface area contributed by atoms with E-state index < -0.39 is 16.0 Å². The number of carbonyl (C=O) groups excluding carboxylic acids is 1. The minimum Gasteiger partial charge on any atom is -0.466 e. The van der Waals surface area contributed by atoms with Crippen molar-refractivity contribution >= 4 is 27.3 Å². The number of sulfonamides is 1. The number of benzene rings is 1. The third-order valence-electron chi connectivity index (χ3n) is 3.46. The van der Waals surface area contributed by atoms with E-state index in [1.54, 1.807) is 18.2 Å². The fraction of sp³-hybridized carbons (Fsp3) is 0.389. The topological polar surface area (TPSA) is 72.5 Å². The summed E-state index contributed by atoms with van der Waals surface area (Å²) >= 11 is 0. The molecule has 0 aliphatic heterocycles. The zero-order chi connectivity index (χ0) is 18.2. The summed E-state index contributed by atoms with van der Waals surface area (Å²) in [5.74, 6) is -0.454. The Labute approximate surface area is 144 Å². The maximum Gasteiger partial charge on any atom is 0.330 e. The maximum atomic E-state index is 11.6. The van der Waals surface area contributed by atoms with Crippen LogP contribution in [0.25, 0.3) is 5.57 Å². The minimum atomic E-state index is -3.40. The summed E-state index contributed by atoms with van der Waals surface area (Å²) in [7, 11) is -2.08. The quantitative estimate of drug-likeness (QED) is 0.440. The molecule has 0 unspecified atom stereocenters.